The number of nitrogens with one attached hydrogen (secondary N) is 1. The lowest BCUT2D eigenvalue weighted by Gasteiger charge is -2.38. The third kappa shape index (κ3) is 3.95. The lowest BCUT2D eigenvalue weighted by molar-refractivity contribution is 0.220. The van der Waals surface area contributed by atoms with E-state index in [4.69, 9.17) is 0 Å². The van der Waals surface area contributed by atoms with Crippen molar-refractivity contribution in [2.75, 3.05) is 38.1 Å². The first-order valence-electron chi connectivity index (χ1n) is 8.10. The second-order valence-corrected chi connectivity index (χ2v) is 5.80. The van der Waals surface area contributed by atoms with Crippen LogP contribution in [0, 0.1) is 5.82 Å². The molecule has 0 amide bonds. The van der Waals surface area contributed by atoms with E-state index in [1.165, 1.54) is 0 Å². The highest BCUT2D eigenvalue weighted by Crippen LogP contribution is 2.28. The quantitative estimate of drug-likeness (QED) is 0.870. The van der Waals surface area contributed by atoms with E-state index >= 15 is 0 Å². The fourth-order valence-corrected chi connectivity index (χ4v) is 3.16. The zero-order valence-electron chi connectivity index (χ0n) is 13.5. The first-order chi connectivity index (χ1) is 10.2. The molecule has 1 aromatic rings. The van der Waals surface area contributed by atoms with Gasteiger partial charge in [0.1, 0.15) is 5.82 Å². The summed E-state index contributed by atoms with van der Waals surface area (Å²) in [5.41, 5.74) is 1.82. The number of nitrogens with zero attached hydrogens (tertiary/aromatic N) is 2. The maximum absolute atomic E-state index is 14.3. The summed E-state index contributed by atoms with van der Waals surface area (Å²) in [5.74, 6) is -0.106. The van der Waals surface area contributed by atoms with Crippen molar-refractivity contribution in [1.82, 2.24) is 10.2 Å². The Hall–Kier alpha value is -1.13. The molecule has 4 heteroatoms. The summed E-state index contributed by atoms with van der Waals surface area (Å²) in [7, 11) is 2.04. The Balaban J connectivity index is 2.12. The average molecular weight is 293 g/mol. The molecular weight excluding hydrogens is 265 g/mol. The van der Waals surface area contributed by atoms with Crippen molar-refractivity contribution in [1.29, 1.82) is 0 Å². The smallest absolute Gasteiger partial charge is 0.146 e. The van der Waals surface area contributed by atoms with Crippen molar-refractivity contribution in [2.24, 2.45) is 0 Å². The van der Waals surface area contributed by atoms with Crippen molar-refractivity contribution in [2.45, 2.75) is 39.3 Å². The van der Waals surface area contributed by atoms with Gasteiger partial charge in [-0.15, -0.1) is 0 Å². The van der Waals surface area contributed by atoms with Gasteiger partial charge in [-0.25, -0.2) is 4.39 Å². The van der Waals surface area contributed by atoms with Crippen molar-refractivity contribution in [3.8, 4) is 0 Å². The Labute approximate surface area is 128 Å². The molecule has 118 valence electrons. The van der Waals surface area contributed by atoms with E-state index < -0.39 is 0 Å². The van der Waals surface area contributed by atoms with Crippen LogP contribution >= 0.6 is 0 Å². The predicted molar refractivity (Wildman–Crippen MR) is 87.3 cm³/mol. The molecule has 1 aliphatic rings. The summed E-state index contributed by atoms with van der Waals surface area (Å²) in [5, 5.41) is 3.30. The standard InChI is InChI=1S/C17H28FN3/c1-4-19-13-14-7-6-8-16(18)17(14)20(3)15-9-11-21(5-2)12-10-15/h6-8,15,19H,4-5,9-13H2,1-3H3. The molecule has 0 aliphatic carbocycles. The normalized spacial score (nSPS) is 17.1. The van der Waals surface area contributed by atoms with Crippen LogP contribution in [0.4, 0.5) is 10.1 Å². The number of rotatable bonds is 6. The lowest BCUT2D eigenvalue weighted by atomic mass is 10.0. The van der Waals surface area contributed by atoms with Gasteiger partial charge in [0.25, 0.3) is 0 Å². The van der Waals surface area contributed by atoms with Gasteiger partial charge in [0.15, 0.2) is 0 Å². The highest BCUT2D eigenvalue weighted by molar-refractivity contribution is 5.55. The van der Waals surface area contributed by atoms with Crippen LogP contribution in [0.25, 0.3) is 0 Å². The first-order valence-corrected chi connectivity index (χ1v) is 8.10. The minimum absolute atomic E-state index is 0.106. The SMILES string of the molecule is CCNCc1cccc(F)c1N(C)C1CCN(CC)CC1. The van der Waals surface area contributed by atoms with Crippen molar-refractivity contribution < 1.29 is 4.39 Å². The van der Waals surface area contributed by atoms with Gasteiger partial charge < -0.3 is 15.1 Å². The van der Waals surface area contributed by atoms with Crippen LogP contribution in [0.3, 0.4) is 0 Å². The minimum atomic E-state index is -0.106. The molecule has 21 heavy (non-hydrogen) atoms. The van der Waals surface area contributed by atoms with E-state index in [-0.39, 0.29) is 5.82 Å². The summed E-state index contributed by atoms with van der Waals surface area (Å²) >= 11 is 0. The van der Waals surface area contributed by atoms with Crippen LogP contribution in [-0.4, -0.2) is 44.2 Å². The second kappa shape index (κ2) is 7.76. The van der Waals surface area contributed by atoms with Gasteiger partial charge in [0, 0.05) is 32.7 Å². The third-order valence-electron chi connectivity index (χ3n) is 4.54. The fourth-order valence-electron chi connectivity index (χ4n) is 3.16. The average Bonchev–Trinajstić information content (AvgIpc) is 2.52. The number of hydrogen-bond donors (Lipinski definition) is 1. The van der Waals surface area contributed by atoms with Gasteiger partial charge in [-0.3, -0.25) is 0 Å². The first kappa shape index (κ1) is 16.2. The van der Waals surface area contributed by atoms with E-state index in [0.717, 1.165) is 56.8 Å². The largest absolute Gasteiger partial charge is 0.369 e. The number of benzene rings is 1. The topological polar surface area (TPSA) is 18.5 Å². The number of likely N-dealkylation sites (tertiary alicyclic amines) is 1. The number of anilines is 1. The van der Waals surface area contributed by atoms with E-state index in [0.29, 0.717) is 6.04 Å². The molecule has 0 aromatic heterocycles. The molecule has 0 saturated carbocycles. The lowest BCUT2D eigenvalue weighted by Crippen LogP contribution is -2.44. The Morgan fingerprint density at radius 3 is 2.62 bits per heavy atom. The zero-order valence-corrected chi connectivity index (χ0v) is 13.5. The molecule has 0 radical (unpaired) electrons. The number of piperidine rings is 1. The molecule has 0 bridgehead atoms. The summed E-state index contributed by atoms with van der Waals surface area (Å²) in [6, 6.07) is 5.84. The van der Waals surface area contributed by atoms with Gasteiger partial charge in [-0.05, 0) is 37.6 Å². The maximum atomic E-state index is 14.3. The number of para-hydroxylation sites is 1. The molecule has 1 N–H and O–H groups in total. The Morgan fingerprint density at radius 1 is 1.29 bits per heavy atom. The van der Waals surface area contributed by atoms with E-state index in [1.807, 2.05) is 13.1 Å². The molecule has 1 saturated heterocycles. The molecular formula is C17H28FN3. The summed E-state index contributed by atoms with van der Waals surface area (Å²) in [6.45, 7) is 9.24. The Bertz CT molecular complexity index is 442. The van der Waals surface area contributed by atoms with Gasteiger partial charge in [-0.2, -0.15) is 0 Å². The van der Waals surface area contributed by atoms with Crippen LogP contribution in [-0.2, 0) is 6.54 Å². The van der Waals surface area contributed by atoms with Crippen LogP contribution in [0.15, 0.2) is 18.2 Å². The summed E-state index contributed by atoms with van der Waals surface area (Å²) in [4.78, 5) is 4.63. The number of halogens is 1. The molecule has 1 fully saturated rings. The summed E-state index contributed by atoms with van der Waals surface area (Å²) < 4.78 is 14.3. The maximum Gasteiger partial charge on any atom is 0.146 e. The molecule has 1 heterocycles. The predicted octanol–water partition coefficient (Wildman–Crippen LogP) is 2.86. The molecule has 0 unspecified atom stereocenters. The monoisotopic (exact) mass is 293 g/mol. The van der Waals surface area contributed by atoms with Gasteiger partial charge >= 0.3 is 0 Å². The second-order valence-electron chi connectivity index (χ2n) is 5.80. The van der Waals surface area contributed by atoms with Crippen LogP contribution in [0.5, 0.6) is 0 Å². The van der Waals surface area contributed by atoms with Gasteiger partial charge in [0.05, 0.1) is 5.69 Å². The molecule has 3 nitrogen and oxygen atoms in total. The highest BCUT2D eigenvalue weighted by Gasteiger charge is 2.24. The zero-order chi connectivity index (χ0) is 15.2. The molecule has 2 rings (SSSR count). The molecule has 0 spiro atoms. The fraction of sp³-hybridized carbons (Fsp3) is 0.647. The third-order valence-corrected chi connectivity index (χ3v) is 4.54. The van der Waals surface area contributed by atoms with Crippen molar-refractivity contribution in [3.63, 3.8) is 0 Å². The van der Waals surface area contributed by atoms with Crippen LogP contribution in [0.2, 0.25) is 0 Å². The minimum Gasteiger partial charge on any atom is -0.369 e. The van der Waals surface area contributed by atoms with E-state index in [9.17, 15) is 4.39 Å². The van der Waals surface area contributed by atoms with Gasteiger partial charge in [-0.1, -0.05) is 26.0 Å². The molecule has 1 aliphatic heterocycles. The van der Waals surface area contributed by atoms with E-state index in [2.05, 4.69) is 29.0 Å². The van der Waals surface area contributed by atoms with Crippen molar-refractivity contribution >= 4 is 5.69 Å². The number of hydrogen-bond acceptors (Lipinski definition) is 3. The van der Waals surface area contributed by atoms with Gasteiger partial charge in [0.2, 0.25) is 0 Å². The van der Waals surface area contributed by atoms with E-state index in [1.54, 1.807) is 12.1 Å². The van der Waals surface area contributed by atoms with Crippen molar-refractivity contribution in [3.05, 3.63) is 29.6 Å². The highest BCUT2D eigenvalue weighted by atomic mass is 19.1. The summed E-state index contributed by atoms with van der Waals surface area (Å²) in [6.07, 6.45) is 2.22. The Kier molecular flexibility index (Phi) is 6.00. The molecule has 1 aromatic carbocycles. The Morgan fingerprint density at radius 2 is 2.00 bits per heavy atom. The molecule has 0 atom stereocenters. The van der Waals surface area contributed by atoms with Crippen LogP contribution < -0.4 is 10.2 Å². The van der Waals surface area contributed by atoms with Crippen LogP contribution in [0.1, 0.15) is 32.3 Å².